The lowest BCUT2D eigenvalue weighted by Gasteiger charge is -2.28. The zero-order chi connectivity index (χ0) is 21.1. The van der Waals surface area contributed by atoms with Crippen molar-refractivity contribution in [3.8, 4) is 17.1 Å². The lowest BCUT2D eigenvalue weighted by Crippen LogP contribution is -2.57. The Bertz CT molecular complexity index is 1090. The minimum absolute atomic E-state index is 0.0801. The van der Waals surface area contributed by atoms with E-state index in [1.807, 2.05) is 0 Å². The fraction of sp³-hybridized carbons (Fsp3) is 0.200. The number of nitrogens with zero attached hydrogens (tertiary/aromatic N) is 3. The summed E-state index contributed by atoms with van der Waals surface area (Å²) in [6.45, 7) is 1.45. The van der Waals surface area contributed by atoms with Crippen LogP contribution in [0.2, 0.25) is 5.02 Å². The number of hydrogen-bond donors (Lipinski definition) is 3. The van der Waals surface area contributed by atoms with Crippen molar-refractivity contribution in [3.05, 3.63) is 59.3 Å². The number of anilines is 2. The molecule has 154 valence electrons. The Morgan fingerprint density at radius 3 is 2.87 bits per heavy atom. The van der Waals surface area contributed by atoms with Crippen LogP contribution in [-0.2, 0) is 0 Å². The van der Waals surface area contributed by atoms with Gasteiger partial charge >= 0.3 is 0 Å². The third-order valence-corrected chi connectivity index (χ3v) is 4.81. The molecule has 1 aliphatic rings. The number of carbonyl (C=O) groups is 1. The molecule has 3 N–H and O–H groups in total. The van der Waals surface area contributed by atoms with Gasteiger partial charge in [0.15, 0.2) is 17.4 Å². The number of benzene rings is 1. The molecule has 1 saturated heterocycles. The van der Waals surface area contributed by atoms with E-state index in [1.165, 1.54) is 37.7 Å². The molecule has 4 rings (SSSR count). The maximum atomic E-state index is 14.3. The van der Waals surface area contributed by atoms with E-state index in [4.69, 9.17) is 16.3 Å². The van der Waals surface area contributed by atoms with Crippen molar-refractivity contribution in [1.82, 2.24) is 25.6 Å². The lowest BCUT2D eigenvalue weighted by atomic mass is 10.1. The van der Waals surface area contributed by atoms with Crippen molar-refractivity contribution in [3.63, 3.8) is 0 Å². The van der Waals surface area contributed by atoms with Gasteiger partial charge in [0.1, 0.15) is 5.82 Å². The van der Waals surface area contributed by atoms with Crippen LogP contribution in [0.4, 0.5) is 15.9 Å². The maximum absolute atomic E-state index is 14.3. The second-order valence-corrected chi connectivity index (χ2v) is 7.05. The van der Waals surface area contributed by atoms with Gasteiger partial charge in [-0.05, 0) is 24.3 Å². The number of carbonyl (C=O) groups excluding carboxylic acids is 1. The molecular weight excluding hydrogens is 411 g/mol. The number of pyridine rings is 1. The zero-order valence-corrected chi connectivity index (χ0v) is 16.7. The number of amides is 1. The highest BCUT2D eigenvalue weighted by Crippen LogP contribution is 2.30. The molecule has 0 aliphatic carbocycles. The number of hydrogen-bond acceptors (Lipinski definition) is 7. The molecule has 1 fully saturated rings. The maximum Gasteiger partial charge on any atom is 0.255 e. The molecule has 1 aromatic carbocycles. The van der Waals surface area contributed by atoms with E-state index in [1.54, 1.807) is 12.3 Å². The van der Waals surface area contributed by atoms with Gasteiger partial charge in [0, 0.05) is 30.5 Å². The molecule has 0 saturated carbocycles. The van der Waals surface area contributed by atoms with Crippen LogP contribution in [0, 0.1) is 5.82 Å². The number of rotatable bonds is 6. The molecule has 1 aliphatic heterocycles. The first kappa shape index (κ1) is 20.0. The number of nitrogens with one attached hydrogen (secondary N) is 3. The number of methoxy groups -OCH3 is 1. The average molecular weight is 429 g/mol. The molecule has 0 radical (unpaired) electrons. The Balaban J connectivity index is 1.67. The standard InChI is InChI=1S/C20H18ClFN6O2/c1-30-17-10-25-18(13-6-11(21)2-3-15(13)22)28-19(17)27-16-4-5-23-9-14(16)20(29)26-12-7-24-8-12/h2-6,9-10,12,24H,7-8H2,1H3,(H,26,29)(H,23,25,27,28). The van der Waals surface area contributed by atoms with Gasteiger partial charge < -0.3 is 20.7 Å². The average Bonchev–Trinajstić information content (AvgIpc) is 2.72. The molecule has 10 heteroatoms. The van der Waals surface area contributed by atoms with E-state index in [0.717, 1.165) is 13.1 Å². The van der Waals surface area contributed by atoms with Gasteiger partial charge in [0.05, 0.1) is 36.2 Å². The Morgan fingerprint density at radius 1 is 1.30 bits per heavy atom. The second-order valence-electron chi connectivity index (χ2n) is 6.61. The number of halogens is 2. The SMILES string of the molecule is COc1cnc(-c2cc(Cl)ccc2F)nc1Nc1ccncc1C(=O)NC1CNC1. The van der Waals surface area contributed by atoms with E-state index in [2.05, 4.69) is 30.9 Å². The third-order valence-electron chi connectivity index (χ3n) is 4.58. The van der Waals surface area contributed by atoms with Crippen molar-refractivity contribution in [2.24, 2.45) is 0 Å². The molecule has 0 bridgehead atoms. The van der Waals surface area contributed by atoms with Crippen LogP contribution in [0.3, 0.4) is 0 Å². The van der Waals surface area contributed by atoms with Gasteiger partial charge in [0.2, 0.25) is 0 Å². The largest absolute Gasteiger partial charge is 0.491 e. The Kier molecular flexibility index (Phi) is 5.73. The van der Waals surface area contributed by atoms with Gasteiger partial charge in [-0.15, -0.1) is 0 Å². The summed E-state index contributed by atoms with van der Waals surface area (Å²) < 4.78 is 19.6. The molecule has 1 amide bonds. The molecule has 30 heavy (non-hydrogen) atoms. The van der Waals surface area contributed by atoms with E-state index < -0.39 is 5.82 Å². The van der Waals surface area contributed by atoms with Crippen molar-refractivity contribution >= 4 is 29.0 Å². The number of ether oxygens (including phenoxy) is 1. The molecule has 2 aromatic heterocycles. The smallest absolute Gasteiger partial charge is 0.255 e. The van der Waals surface area contributed by atoms with Gasteiger partial charge in [-0.1, -0.05) is 11.6 Å². The Hall–Kier alpha value is -3.30. The van der Waals surface area contributed by atoms with Gasteiger partial charge in [0.25, 0.3) is 5.91 Å². The molecule has 3 aromatic rings. The van der Waals surface area contributed by atoms with Gasteiger partial charge in [-0.25, -0.2) is 14.4 Å². The third kappa shape index (κ3) is 4.17. The first-order chi connectivity index (χ1) is 14.5. The molecular formula is C20H18ClFN6O2. The van der Waals surface area contributed by atoms with Crippen LogP contribution >= 0.6 is 11.6 Å². The number of aromatic nitrogens is 3. The van der Waals surface area contributed by atoms with E-state index in [-0.39, 0.29) is 29.2 Å². The summed E-state index contributed by atoms with van der Waals surface area (Å²) >= 11 is 5.99. The monoisotopic (exact) mass is 428 g/mol. The highest BCUT2D eigenvalue weighted by molar-refractivity contribution is 6.30. The summed E-state index contributed by atoms with van der Waals surface area (Å²) in [7, 11) is 1.47. The van der Waals surface area contributed by atoms with Crippen LogP contribution < -0.4 is 20.7 Å². The summed E-state index contributed by atoms with van der Waals surface area (Å²) in [5.74, 6) is -0.0429. The highest BCUT2D eigenvalue weighted by Gasteiger charge is 2.22. The topological polar surface area (TPSA) is 101 Å². The highest BCUT2D eigenvalue weighted by atomic mass is 35.5. The van der Waals surface area contributed by atoms with E-state index >= 15 is 0 Å². The Morgan fingerprint density at radius 2 is 2.13 bits per heavy atom. The fourth-order valence-corrected chi connectivity index (χ4v) is 3.05. The van der Waals surface area contributed by atoms with Crippen LogP contribution in [-0.4, -0.2) is 47.1 Å². The summed E-state index contributed by atoms with van der Waals surface area (Å²) in [6.07, 6.45) is 4.44. The van der Waals surface area contributed by atoms with Crippen LogP contribution in [0.1, 0.15) is 10.4 Å². The second kappa shape index (κ2) is 8.60. The predicted octanol–water partition coefficient (Wildman–Crippen LogP) is 2.78. The quantitative estimate of drug-likeness (QED) is 0.555. The zero-order valence-electron chi connectivity index (χ0n) is 15.9. The van der Waals surface area contributed by atoms with Gasteiger partial charge in [-0.2, -0.15) is 0 Å². The van der Waals surface area contributed by atoms with Gasteiger partial charge in [-0.3, -0.25) is 9.78 Å². The van der Waals surface area contributed by atoms with E-state index in [0.29, 0.717) is 22.0 Å². The summed E-state index contributed by atoms with van der Waals surface area (Å²) in [5.41, 5.74) is 0.975. The van der Waals surface area contributed by atoms with Crippen molar-refractivity contribution in [1.29, 1.82) is 0 Å². The normalized spacial score (nSPS) is 13.4. The molecule has 8 nitrogen and oxygen atoms in total. The summed E-state index contributed by atoms with van der Waals surface area (Å²) in [5, 5.41) is 9.47. The van der Waals surface area contributed by atoms with Crippen LogP contribution in [0.25, 0.3) is 11.4 Å². The molecule has 0 spiro atoms. The lowest BCUT2D eigenvalue weighted by molar-refractivity contribution is 0.0924. The predicted molar refractivity (Wildman–Crippen MR) is 111 cm³/mol. The van der Waals surface area contributed by atoms with Crippen molar-refractivity contribution < 1.29 is 13.9 Å². The fourth-order valence-electron chi connectivity index (χ4n) is 2.87. The first-order valence-corrected chi connectivity index (χ1v) is 9.52. The van der Waals surface area contributed by atoms with Crippen LogP contribution in [0.5, 0.6) is 5.75 Å². The first-order valence-electron chi connectivity index (χ1n) is 9.14. The minimum atomic E-state index is -0.506. The van der Waals surface area contributed by atoms with Crippen LogP contribution in [0.15, 0.2) is 42.9 Å². The van der Waals surface area contributed by atoms with Crippen molar-refractivity contribution in [2.75, 3.05) is 25.5 Å². The minimum Gasteiger partial charge on any atom is -0.491 e. The molecule has 3 heterocycles. The van der Waals surface area contributed by atoms with E-state index in [9.17, 15) is 9.18 Å². The molecule has 0 unspecified atom stereocenters. The summed E-state index contributed by atoms with van der Waals surface area (Å²) in [4.78, 5) is 25.2. The van der Waals surface area contributed by atoms with Crippen molar-refractivity contribution in [2.45, 2.75) is 6.04 Å². The Labute approximate surface area is 176 Å². The summed E-state index contributed by atoms with van der Waals surface area (Å²) in [6, 6.07) is 5.87. The molecule has 0 atom stereocenters.